The molecule has 1 unspecified atom stereocenters. The van der Waals surface area contributed by atoms with Gasteiger partial charge in [0.1, 0.15) is 0 Å². The lowest BCUT2D eigenvalue weighted by atomic mass is 9.95. The average Bonchev–Trinajstić information content (AvgIpc) is 3.22. The second-order valence-electron chi connectivity index (χ2n) is 8.58. The Labute approximate surface area is 187 Å². The maximum Gasteiger partial charge on any atom is 0.256 e. The summed E-state index contributed by atoms with van der Waals surface area (Å²) in [5, 5.41) is 6.02. The smallest absolute Gasteiger partial charge is 0.256 e. The molecule has 0 aliphatic carbocycles. The Morgan fingerprint density at radius 1 is 1.09 bits per heavy atom. The fourth-order valence-electron chi connectivity index (χ4n) is 4.07. The Morgan fingerprint density at radius 2 is 1.81 bits per heavy atom. The molecule has 2 aromatic carbocycles. The van der Waals surface area contributed by atoms with Crippen LogP contribution in [-0.2, 0) is 4.79 Å². The van der Waals surface area contributed by atoms with Gasteiger partial charge >= 0.3 is 0 Å². The fourth-order valence-corrected chi connectivity index (χ4v) is 4.07. The monoisotopic (exact) mass is 428 g/mol. The maximum absolute atomic E-state index is 13.1. The largest absolute Gasteiger partial charge is 0.397 e. The number of benzene rings is 2. The first kappa shape index (κ1) is 21.4. The molecule has 2 heterocycles. The first-order valence-corrected chi connectivity index (χ1v) is 10.7. The molecule has 6 heteroatoms. The van der Waals surface area contributed by atoms with E-state index in [1.165, 1.54) is 0 Å². The van der Waals surface area contributed by atoms with Gasteiger partial charge in [-0.2, -0.15) is 0 Å². The normalized spacial score (nSPS) is 15.0. The minimum Gasteiger partial charge on any atom is -0.397 e. The summed E-state index contributed by atoms with van der Waals surface area (Å²) in [4.78, 5) is 29.0. The van der Waals surface area contributed by atoms with E-state index in [4.69, 9.17) is 5.73 Å². The molecular weight excluding hydrogens is 400 g/mol. The number of aromatic amines is 1. The third-order valence-corrected chi connectivity index (χ3v) is 6.00. The molecule has 0 saturated heterocycles. The van der Waals surface area contributed by atoms with Crippen LogP contribution < -0.4 is 16.4 Å². The van der Waals surface area contributed by atoms with Crippen molar-refractivity contribution >= 4 is 34.8 Å². The van der Waals surface area contributed by atoms with E-state index in [9.17, 15) is 9.59 Å². The number of carbonyl (C=O) groups is 2. The maximum atomic E-state index is 13.1. The third-order valence-electron chi connectivity index (χ3n) is 6.00. The lowest BCUT2D eigenvalue weighted by Crippen LogP contribution is -2.31. The summed E-state index contributed by atoms with van der Waals surface area (Å²) >= 11 is 0. The summed E-state index contributed by atoms with van der Waals surface area (Å²) in [6.07, 6.45) is 1.79. The predicted octanol–water partition coefficient (Wildman–Crippen LogP) is 4.83. The highest BCUT2D eigenvalue weighted by Gasteiger charge is 2.27. The van der Waals surface area contributed by atoms with Gasteiger partial charge in [0.25, 0.3) is 11.8 Å². The molecule has 1 aromatic heterocycles. The van der Waals surface area contributed by atoms with E-state index in [-0.39, 0.29) is 23.8 Å². The van der Waals surface area contributed by atoms with E-state index in [0.29, 0.717) is 28.1 Å². The van der Waals surface area contributed by atoms with Crippen LogP contribution in [0.4, 0.5) is 11.4 Å². The molecule has 0 radical (unpaired) electrons. The lowest BCUT2D eigenvalue weighted by Gasteiger charge is -2.23. The van der Waals surface area contributed by atoms with Gasteiger partial charge in [0.15, 0.2) is 0 Å². The van der Waals surface area contributed by atoms with E-state index >= 15 is 0 Å². The van der Waals surface area contributed by atoms with E-state index < -0.39 is 0 Å². The lowest BCUT2D eigenvalue weighted by molar-refractivity contribution is -0.110. The Morgan fingerprint density at radius 3 is 2.44 bits per heavy atom. The molecule has 3 aromatic rings. The predicted molar refractivity (Wildman–Crippen MR) is 129 cm³/mol. The summed E-state index contributed by atoms with van der Waals surface area (Å²) in [5.74, 6) is -0.156. The number of anilines is 2. The van der Waals surface area contributed by atoms with E-state index in [0.717, 1.165) is 22.5 Å². The van der Waals surface area contributed by atoms with E-state index in [2.05, 4.69) is 29.5 Å². The number of nitrogens with one attached hydrogen (secondary N) is 3. The van der Waals surface area contributed by atoms with Crippen LogP contribution in [-0.4, -0.2) is 16.8 Å². The molecule has 2 amide bonds. The van der Waals surface area contributed by atoms with Crippen molar-refractivity contribution in [2.75, 3.05) is 11.1 Å². The number of hydrogen-bond donors (Lipinski definition) is 4. The average molecular weight is 429 g/mol. The Balaban J connectivity index is 1.66. The number of rotatable bonds is 5. The minimum atomic E-state index is -0.202. The van der Waals surface area contributed by atoms with Gasteiger partial charge in [-0.1, -0.05) is 44.2 Å². The summed E-state index contributed by atoms with van der Waals surface area (Å²) in [6.45, 7) is 7.97. The number of hydrogen-bond acceptors (Lipinski definition) is 3. The van der Waals surface area contributed by atoms with Crippen molar-refractivity contribution in [3.8, 4) is 0 Å². The molecule has 0 spiro atoms. The number of aromatic nitrogens is 1. The number of aryl methyl sites for hydroxylation is 1. The first-order valence-electron chi connectivity index (χ1n) is 10.7. The van der Waals surface area contributed by atoms with Crippen LogP contribution in [0.1, 0.15) is 58.3 Å². The van der Waals surface area contributed by atoms with Crippen LogP contribution in [0.2, 0.25) is 0 Å². The molecule has 1 aliphatic rings. The summed E-state index contributed by atoms with van der Waals surface area (Å²) in [6, 6.07) is 15.1. The van der Waals surface area contributed by atoms with E-state index in [1.54, 1.807) is 24.3 Å². The van der Waals surface area contributed by atoms with Crippen molar-refractivity contribution in [1.82, 2.24) is 10.3 Å². The molecular formula is C26H28N4O2. The number of carbonyl (C=O) groups excluding carboxylic acids is 2. The van der Waals surface area contributed by atoms with Crippen LogP contribution in [0.3, 0.4) is 0 Å². The Kier molecular flexibility index (Phi) is 5.61. The topological polar surface area (TPSA) is 100 Å². The van der Waals surface area contributed by atoms with Crippen molar-refractivity contribution in [1.29, 1.82) is 0 Å². The van der Waals surface area contributed by atoms with Crippen molar-refractivity contribution in [3.05, 3.63) is 82.2 Å². The number of fused-ring (bicyclic) bond motifs is 1. The summed E-state index contributed by atoms with van der Waals surface area (Å²) < 4.78 is 0. The van der Waals surface area contributed by atoms with Crippen LogP contribution in [0, 0.1) is 19.8 Å². The van der Waals surface area contributed by atoms with Gasteiger partial charge in [-0.05, 0) is 55.2 Å². The standard InChI is InChI=1S/C26H28N4O2/c1-14(2)24(17-8-6-5-7-9-17)30-25(31)18-10-11-21-19(12-18)20(26(32)29-21)13-22-15(3)23(27)16(4)28-22/h5-14,24,28H,27H2,1-4H3,(H,29,32)(H,30,31)/b20-13-. The first-order chi connectivity index (χ1) is 15.3. The van der Waals surface area contributed by atoms with Crippen LogP contribution in [0.5, 0.6) is 0 Å². The van der Waals surface area contributed by atoms with Gasteiger partial charge in [0.2, 0.25) is 0 Å². The molecule has 1 aliphatic heterocycles. The van der Waals surface area contributed by atoms with Crippen LogP contribution in [0.15, 0.2) is 48.5 Å². The molecule has 1 atom stereocenters. The molecule has 0 bridgehead atoms. The quantitative estimate of drug-likeness (QED) is 0.438. The van der Waals surface area contributed by atoms with Gasteiger partial charge in [-0.15, -0.1) is 0 Å². The Bertz CT molecular complexity index is 1220. The summed E-state index contributed by atoms with van der Waals surface area (Å²) in [7, 11) is 0. The fraction of sp³-hybridized carbons (Fsp3) is 0.231. The van der Waals surface area contributed by atoms with Gasteiger partial charge in [-0.25, -0.2) is 0 Å². The van der Waals surface area contributed by atoms with Crippen molar-refractivity contribution in [2.45, 2.75) is 33.7 Å². The van der Waals surface area contributed by atoms with Crippen molar-refractivity contribution < 1.29 is 9.59 Å². The van der Waals surface area contributed by atoms with Crippen LogP contribution >= 0.6 is 0 Å². The van der Waals surface area contributed by atoms with Crippen LogP contribution in [0.25, 0.3) is 11.6 Å². The molecule has 6 nitrogen and oxygen atoms in total. The molecule has 32 heavy (non-hydrogen) atoms. The second-order valence-corrected chi connectivity index (χ2v) is 8.58. The van der Waals surface area contributed by atoms with Gasteiger partial charge < -0.3 is 21.4 Å². The van der Waals surface area contributed by atoms with E-state index in [1.807, 2.05) is 44.2 Å². The van der Waals surface area contributed by atoms with Gasteiger partial charge in [0.05, 0.1) is 17.3 Å². The highest BCUT2D eigenvalue weighted by Crippen LogP contribution is 2.35. The Hall–Kier alpha value is -3.80. The molecule has 0 saturated carbocycles. The van der Waals surface area contributed by atoms with Gasteiger partial charge in [-0.3, -0.25) is 9.59 Å². The molecule has 0 fully saturated rings. The van der Waals surface area contributed by atoms with Crippen molar-refractivity contribution in [2.24, 2.45) is 5.92 Å². The molecule has 4 rings (SSSR count). The SMILES string of the molecule is Cc1[nH]c(/C=C2\C(=O)Nc3ccc(C(=O)NC(c4ccccc4)C(C)C)cc32)c(C)c1N. The second kappa shape index (κ2) is 8.38. The van der Waals surface area contributed by atoms with Gasteiger partial charge in [0, 0.05) is 28.2 Å². The number of nitrogens with two attached hydrogens (primary N) is 1. The molecule has 5 N–H and O–H groups in total. The number of amides is 2. The highest BCUT2D eigenvalue weighted by molar-refractivity contribution is 6.35. The zero-order valence-corrected chi connectivity index (χ0v) is 18.7. The number of H-pyrrole nitrogens is 1. The molecule has 164 valence electrons. The van der Waals surface area contributed by atoms with Crippen molar-refractivity contribution in [3.63, 3.8) is 0 Å². The summed E-state index contributed by atoms with van der Waals surface area (Å²) in [5.41, 5.74) is 12.8. The zero-order valence-electron chi connectivity index (χ0n) is 18.7. The number of nitrogen functional groups attached to an aromatic ring is 1. The highest BCUT2D eigenvalue weighted by atomic mass is 16.2. The minimum absolute atomic E-state index is 0.112. The third kappa shape index (κ3) is 3.91. The zero-order chi connectivity index (χ0) is 23.0.